The van der Waals surface area contributed by atoms with Crippen LogP contribution in [0.4, 0.5) is 4.39 Å². The highest BCUT2D eigenvalue weighted by Gasteiger charge is 2.18. The van der Waals surface area contributed by atoms with Crippen molar-refractivity contribution in [1.29, 1.82) is 0 Å². The summed E-state index contributed by atoms with van der Waals surface area (Å²) in [6.07, 6.45) is 2.73. The maximum atomic E-state index is 13.0. The van der Waals surface area contributed by atoms with Crippen LogP contribution >= 0.6 is 0 Å². The fraction of sp³-hybridized carbons (Fsp3) is 0.571. The summed E-state index contributed by atoms with van der Waals surface area (Å²) in [7, 11) is 3.19. The third kappa shape index (κ3) is 1.40. The monoisotopic (exact) mass is 159 g/mol. The molecule has 0 bridgehead atoms. The van der Waals surface area contributed by atoms with E-state index < -0.39 is 0 Å². The van der Waals surface area contributed by atoms with E-state index in [0.717, 1.165) is 0 Å². The minimum absolute atomic E-state index is 0.254. The molecule has 0 aliphatic rings. The van der Waals surface area contributed by atoms with Gasteiger partial charge in [-0.1, -0.05) is 0 Å². The third-order valence-electron chi connectivity index (χ3n) is 1.69. The van der Waals surface area contributed by atoms with E-state index in [1.54, 1.807) is 33.5 Å². The summed E-state index contributed by atoms with van der Waals surface area (Å²) in [5.41, 5.74) is 0. The molecule has 0 amide bonds. The fourth-order valence-corrected chi connectivity index (χ4v) is 0.862. The van der Waals surface area contributed by atoms with Crippen LogP contribution in [0.25, 0.3) is 0 Å². The van der Waals surface area contributed by atoms with Crippen LogP contribution < -0.4 is 4.57 Å². The Morgan fingerprint density at radius 3 is 2.73 bits per heavy atom. The van der Waals surface area contributed by atoms with Gasteiger partial charge in [0.05, 0.1) is 7.05 Å². The lowest BCUT2D eigenvalue weighted by Crippen LogP contribution is -2.31. The maximum absolute atomic E-state index is 13.0. The van der Waals surface area contributed by atoms with E-state index in [2.05, 4.69) is 0 Å². The number of methoxy groups -OCH3 is 1. The first kappa shape index (κ1) is 8.20. The quantitative estimate of drug-likeness (QED) is 0.578. The molecule has 1 rings (SSSR count). The van der Waals surface area contributed by atoms with Gasteiger partial charge < -0.3 is 4.74 Å². The molecule has 0 aliphatic carbocycles. The molecule has 0 aromatic carbocycles. The van der Waals surface area contributed by atoms with Gasteiger partial charge in [-0.3, -0.25) is 0 Å². The Morgan fingerprint density at radius 2 is 2.36 bits per heavy atom. The van der Waals surface area contributed by atoms with Crippen molar-refractivity contribution in [2.45, 2.75) is 13.2 Å². The van der Waals surface area contributed by atoms with Crippen molar-refractivity contribution < 1.29 is 13.7 Å². The van der Waals surface area contributed by atoms with Crippen molar-refractivity contribution in [3.63, 3.8) is 0 Å². The number of nitrogens with zero attached hydrogens (tertiary/aromatic N) is 2. The van der Waals surface area contributed by atoms with Gasteiger partial charge >= 0.3 is 6.08 Å². The van der Waals surface area contributed by atoms with Crippen molar-refractivity contribution in [2.75, 3.05) is 7.11 Å². The molecule has 1 unspecified atom stereocenters. The molecule has 0 saturated carbocycles. The fourth-order valence-electron chi connectivity index (χ4n) is 0.862. The lowest BCUT2D eigenvalue weighted by molar-refractivity contribution is -0.700. The Kier molecular flexibility index (Phi) is 2.24. The van der Waals surface area contributed by atoms with Gasteiger partial charge in [0.25, 0.3) is 0 Å². The second-order valence-corrected chi connectivity index (χ2v) is 2.42. The predicted molar refractivity (Wildman–Crippen MR) is 37.3 cm³/mol. The highest BCUT2D eigenvalue weighted by molar-refractivity contribution is 4.70. The summed E-state index contributed by atoms with van der Waals surface area (Å²) in [5.74, 6) is 0. The van der Waals surface area contributed by atoms with Crippen LogP contribution in [-0.2, 0) is 11.8 Å². The first-order chi connectivity index (χ1) is 5.16. The van der Waals surface area contributed by atoms with E-state index in [0.29, 0.717) is 0 Å². The van der Waals surface area contributed by atoms with Gasteiger partial charge in [-0.2, -0.15) is 4.57 Å². The van der Waals surface area contributed by atoms with Gasteiger partial charge in [-0.15, -0.1) is 4.39 Å². The summed E-state index contributed by atoms with van der Waals surface area (Å²) >= 11 is 0. The van der Waals surface area contributed by atoms with Crippen molar-refractivity contribution in [1.82, 2.24) is 4.57 Å². The molecule has 1 atom stereocenters. The van der Waals surface area contributed by atoms with Gasteiger partial charge in [0.15, 0.2) is 0 Å². The van der Waals surface area contributed by atoms with Crippen LogP contribution in [0, 0.1) is 6.08 Å². The van der Waals surface area contributed by atoms with E-state index >= 15 is 0 Å². The first-order valence-corrected chi connectivity index (χ1v) is 3.41. The average Bonchev–Trinajstić information content (AvgIpc) is 2.32. The van der Waals surface area contributed by atoms with Crippen LogP contribution in [0.5, 0.6) is 0 Å². The van der Waals surface area contributed by atoms with Crippen LogP contribution in [0.3, 0.4) is 0 Å². The van der Waals surface area contributed by atoms with E-state index in [1.807, 2.05) is 0 Å². The summed E-state index contributed by atoms with van der Waals surface area (Å²) < 4.78 is 20.8. The highest BCUT2D eigenvalue weighted by atomic mass is 19.1. The van der Waals surface area contributed by atoms with Gasteiger partial charge in [0, 0.05) is 14.0 Å². The van der Waals surface area contributed by atoms with Gasteiger partial charge in [0.2, 0.25) is 6.23 Å². The normalized spacial score (nSPS) is 13.5. The van der Waals surface area contributed by atoms with Gasteiger partial charge in [0.1, 0.15) is 12.4 Å². The van der Waals surface area contributed by atoms with E-state index in [-0.39, 0.29) is 12.3 Å². The largest absolute Gasteiger partial charge is 0.447 e. The van der Waals surface area contributed by atoms with Crippen LogP contribution in [0.1, 0.15) is 13.2 Å². The first-order valence-electron chi connectivity index (χ1n) is 3.41. The molecular weight excluding hydrogens is 147 g/mol. The van der Waals surface area contributed by atoms with E-state index in [9.17, 15) is 4.39 Å². The van der Waals surface area contributed by atoms with Crippen LogP contribution in [-0.4, -0.2) is 11.7 Å². The van der Waals surface area contributed by atoms with Crippen molar-refractivity contribution in [2.24, 2.45) is 7.05 Å². The van der Waals surface area contributed by atoms with Crippen molar-refractivity contribution in [3.8, 4) is 0 Å². The smallest absolute Gasteiger partial charge is 0.343 e. The molecule has 0 spiro atoms. The Bertz CT molecular complexity index is 247. The van der Waals surface area contributed by atoms with Crippen molar-refractivity contribution >= 4 is 0 Å². The van der Waals surface area contributed by atoms with Gasteiger partial charge in [-0.25, -0.2) is 4.57 Å². The third-order valence-corrected chi connectivity index (χ3v) is 1.69. The van der Waals surface area contributed by atoms with Crippen LogP contribution in [0.15, 0.2) is 12.4 Å². The summed E-state index contributed by atoms with van der Waals surface area (Å²) in [5, 5.41) is 0. The highest BCUT2D eigenvalue weighted by Crippen LogP contribution is 2.05. The Hall–Kier alpha value is -0.900. The maximum Gasteiger partial charge on any atom is 0.447 e. The standard InChI is InChI=1S/C7H12FN2O/c1-6(11-3)10-5-4-9(2)7(10)8/h4-6H,1-3H3/q+1. The van der Waals surface area contributed by atoms with Crippen LogP contribution in [0.2, 0.25) is 0 Å². The lowest BCUT2D eigenvalue weighted by atomic mass is 10.6. The molecule has 0 fully saturated rings. The molecule has 3 nitrogen and oxygen atoms in total. The summed E-state index contributed by atoms with van der Waals surface area (Å²) in [4.78, 5) is 0. The zero-order chi connectivity index (χ0) is 8.43. The SMILES string of the molecule is COC(C)n1cc[n+](C)c1F. The predicted octanol–water partition coefficient (Wildman–Crippen LogP) is 0.617. The summed E-state index contributed by atoms with van der Waals surface area (Å²) in [6, 6.07) is 0. The van der Waals surface area contributed by atoms with Gasteiger partial charge in [-0.05, 0) is 0 Å². The molecule has 1 aromatic rings. The molecule has 0 aliphatic heterocycles. The number of hydrogen-bond acceptors (Lipinski definition) is 1. The minimum Gasteiger partial charge on any atom is -0.343 e. The minimum atomic E-state index is -0.306. The average molecular weight is 159 g/mol. The number of ether oxygens (including phenoxy) is 1. The zero-order valence-electron chi connectivity index (χ0n) is 6.91. The molecule has 11 heavy (non-hydrogen) atoms. The molecule has 0 saturated heterocycles. The Morgan fingerprint density at radius 1 is 1.73 bits per heavy atom. The van der Waals surface area contributed by atoms with E-state index in [1.165, 1.54) is 9.13 Å². The molecular formula is C7H12FN2O+. The Labute approximate surface area is 65.0 Å². The van der Waals surface area contributed by atoms with Crippen molar-refractivity contribution in [3.05, 3.63) is 18.5 Å². The number of aryl methyl sites for hydroxylation is 1. The Balaban J connectivity index is 2.94. The number of aromatic nitrogens is 2. The topological polar surface area (TPSA) is 18.0 Å². The number of rotatable bonds is 2. The molecule has 62 valence electrons. The number of imidazole rings is 1. The second-order valence-electron chi connectivity index (χ2n) is 2.42. The number of halogens is 1. The second kappa shape index (κ2) is 3.00. The molecule has 0 radical (unpaired) electrons. The zero-order valence-corrected chi connectivity index (χ0v) is 6.91. The molecule has 1 aromatic heterocycles. The molecule has 0 N–H and O–H groups in total. The summed E-state index contributed by atoms with van der Waals surface area (Å²) in [6.45, 7) is 1.78. The molecule has 1 heterocycles. The number of hydrogen-bond donors (Lipinski definition) is 0. The lowest BCUT2D eigenvalue weighted by Gasteiger charge is -2.03. The molecule has 4 heteroatoms. The van der Waals surface area contributed by atoms with E-state index in [4.69, 9.17) is 4.74 Å².